The number of piperidine rings is 1. The number of fused-ring (bicyclic) bond motifs is 2. The topological polar surface area (TPSA) is 112 Å². The average molecular weight is 419 g/mol. The van der Waals surface area contributed by atoms with E-state index in [2.05, 4.69) is 15.6 Å². The lowest BCUT2D eigenvalue weighted by Gasteiger charge is -2.29. The van der Waals surface area contributed by atoms with Crippen LogP contribution in [0.1, 0.15) is 40.7 Å². The Bertz CT molecular complexity index is 1110. The lowest BCUT2D eigenvalue weighted by molar-refractivity contribution is -0.136. The summed E-state index contributed by atoms with van der Waals surface area (Å²) < 4.78 is 0. The molecule has 0 aliphatic carbocycles. The van der Waals surface area contributed by atoms with E-state index in [1.165, 1.54) is 4.90 Å². The molecule has 158 valence electrons. The van der Waals surface area contributed by atoms with Crippen LogP contribution in [0.25, 0.3) is 0 Å². The highest BCUT2D eigenvalue weighted by atomic mass is 16.2. The SMILES string of the molecule is O=C1CCC(N2Cc3cc(NC(=O)N4CCCc5cccnc54)ccc3C2=O)C(=O)N1. The molecule has 2 aromatic rings. The molecule has 1 unspecified atom stereocenters. The van der Waals surface area contributed by atoms with E-state index in [0.717, 1.165) is 24.0 Å². The number of rotatable bonds is 2. The number of carbonyl (C=O) groups is 4. The van der Waals surface area contributed by atoms with Crippen LogP contribution in [0.5, 0.6) is 0 Å². The van der Waals surface area contributed by atoms with E-state index in [1.54, 1.807) is 29.3 Å². The van der Waals surface area contributed by atoms with Crippen molar-refractivity contribution < 1.29 is 19.2 Å². The van der Waals surface area contributed by atoms with Gasteiger partial charge in [-0.3, -0.25) is 24.6 Å². The van der Waals surface area contributed by atoms with Gasteiger partial charge in [0.25, 0.3) is 5.91 Å². The number of hydrogen-bond acceptors (Lipinski definition) is 5. The molecule has 0 bridgehead atoms. The van der Waals surface area contributed by atoms with Gasteiger partial charge in [-0.05, 0) is 54.7 Å². The van der Waals surface area contributed by atoms with Crippen molar-refractivity contribution in [3.05, 3.63) is 53.2 Å². The Kier molecular flexibility index (Phi) is 4.65. The summed E-state index contributed by atoms with van der Waals surface area (Å²) in [6.07, 6.45) is 3.96. The van der Waals surface area contributed by atoms with Gasteiger partial charge in [-0.25, -0.2) is 9.78 Å². The van der Waals surface area contributed by atoms with Crippen LogP contribution < -0.4 is 15.5 Å². The summed E-state index contributed by atoms with van der Waals surface area (Å²) in [6.45, 7) is 0.848. The average Bonchev–Trinajstić information content (AvgIpc) is 3.09. The third-order valence-electron chi connectivity index (χ3n) is 5.97. The highest BCUT2D eigenvalue weighted by Gasteiger charge is 2.39. The van der Waals surface area contributed by atoms with Crippen LogP contribution in [0.3, 0.4) is 0 Å². The Balaban J connectivity index is 1.32. The van der Waals surface area contributed by atoms with Gasteiger partial charge >= 0.3 is 6.03 Å². The summed E-state index contributed by atoms with van der Waals surface area (Å²) in [5.74, 6) is -0.325. The number of nitrogens with one attached hydrogen (secondary N) is 2. The third kappa shape index (κ3) is 3.41. The molecule has 9 nitrogen and oxygen atoms in total. The second-order valence-electron chi connectivity index (χ2n) is 7.94. The molecule has 1 aromatic heterocycles. The molecule has 5 rings (SSSR count). The van der Waals surface area contributed by atoms with E-state index in [4.69, 9.17) is 0 Å². The number of carbonyl (C=O) groups excluding carboxylic acids is 4. The maximum atomic E-state index is 12.9. The van der Waals surface area contributed by atoms with E-state index in [9.17, 15) is 19.2 Å². The standard InChI is InChI=1S/C22H21N5O4/c28-18-8-7-17(20(29)25-18)27-12-14-11-15(5-6-16(14)21(27)30)24-22(31)26-10-2-4-13-3-1-9-23-19(13)26/h1,3,5-6,9,11,17H,2,4,7-8,10,12H2,(H,24,31)(H,25,28,29). The minimum absolute atomic E-state index is 0.211. The highest BCUT2D eigenvalue weighted by molar-refractivity contribution is 6.06. The number of imide groups is 1. The molecule has 3 aliphatic heterocycles. The maximum absolute atomic E-state index is 12.9. The zero-order valence-electron chi connectivity index (χ0n) is 16.8. The number of nitrogens with zero attached hydrogens (tertiary/aromatic N) is 3. The van der Waals surface area contributed by atoms with Crippen molar-refractivity contribution in [2.24, 2.45) is 0 Å². The molecular weight excluding hydrogens is 398 g/mol. The Morgan fingerprint density at radius 2 is 2.00 bits per heavy atom. The summed E-state index contributed by atoms with van der Waals surface area (Å²) in [7, 11) is 0. The Morgan fingerprint density at radius 1 is 1.13 bits per heavy atom. The van der Waals surface area contributed by atoms with Gasteiger partial charge in [-0.2, -0.15) is 0 Å². The number of hydrogen-bond donors (Lipinski definition) is 2. The molecule has 2 N–H and O–H groups in total. The van der Waals surface area contributed by atoms with Gasteiger partial charge < -0.3 is 10.2 Å². The smallest absolute Gasteiger partial charge is 0.322 e. The van der Waals surface area contributed by atoms with Crippen molar-refractivity contribution in [1.29, 1.82) is 0 Å². The lowest BCUT2D eigenvalue weighted by Crippen LogP contribution is -2.52. The summed E-state index contributed by atoms with van der Waals surface area (Å²) in [5, 5.41) is 5.19. The van der Waals surface area contributed by atoms with Gasteiger partial charge in [0.15, 0.2) is 0 Å². The molecule has 1 atom stereocenters. The van der Waals surface area contributed by atoms with Crippen molar-refractivity contribution in [3.8, 4) is 0 Å². The predicted molar refractivity (Wildman–Crippen MR) is 111 cm³/mol. The molecule has 1 saturated heterocycles. The molecule has 5 amide bonds. The zero-order valence-corrected chi connectivity index (χ0v) is 16.8. The molecule has 1 fully saturated rings. The van der Waals surface area contributed by atoms with Gasteiger partial charge in [0.05, 0.1) is 0 Å². The first-order chi connectivity index (χ1) is 15.0. The second kappa shape index (κ2) is 7.50. The fraction of sp³-hybridized carbons (Fsp3) is 0.318. The number of aryl methyl sites for hydroxylation is 1. The van der Waals surface area contributed by atoms with Crippen molar-refractivity contribution in [2.75, 3.05) is 16.8 Å². The lowest BCUT2D eigenvalue weighted by atomic mass is 10.0. The summed E-state index contributed by atoms with van der Waals surface area (Å²) >= 11 is 0. The number of aromatic nitrogens is 1. The minimum Gasteiger partial charge on any atom is -0.322 e. The first kappa shape index (κ1) is 19.2. The minimum atomic E-state index is -0.661. The molecule has 31 heavy (non-hydrogen) atoms. The Labute approximate surface area is 178 Å². The maximum Gasteiger partial charge on any atom is 0.327 e. The summed E-state index contributed by atoms with van der Waals surface area (Å²) in [6, 6.07) is 8.03. The number of pyridine rings is 1. The van der Waals surface area contributed by atoms with Crippen LogP contribution in [0, 0.1) is 0 Å². The molecule has 9 heteroatoms. The Morgan fingerprint density at radius 3 is 2.84 bits per heavy atom. The van der Waals surface area contributed by atoms with Gasteiger partial charge in [0.1, 0.15) is 11.9 Å². The van der Waals surface area contributed by atoms with Crippen LogP contribution in [0.15, 0.2) is 36.5 Å². The van der Waals surface area contributed by atoms with Crippen LogP contribution in [0.4, 0.5) is 16.3 Å². The molecule has 0 spiro atoms. The van der Waals surface area contributed by atoms with Crippen molar-refractivity contribution in [3.63, 3.8) is 0 Å². The van der Waals surface area contributed by atoms with Crippen LogP contribution in [-0.4, -0.2) is 46.2 Å². The molecule has 0 saturated carbocycles. The number of benzene rings is 1. The van der Waals surface area contributed by atoms with Gasteiger partial charge in [0.2, 0.25) is 11.8 Å². The van der Waals surface area contributed by atoms with E-state index >= 15 is 0 Å². The van der Waals surface area contributed by atoms with Gasteiger partial charge in [0, 0.05) is 37.0 Å². The first-order valence-corrected chi connectivity index (χ1v) is 10.3. The van der Waals surface area contributed by atoms with Crippen molar-refractivity contribution in [1.82, 2.24) is 15.2 Å². The van der Waals surface area contributed by atoms with E-state index < -0.39 is 11.9 Å². The molecule has 1 aromatic carbocycles. The monoisotopic (exact) mass is 419 g/mol. The highest BCUT2D eigenvalue weighted by Crippen LogP contribution is 2.30. The largest absolute Gasteiger partial charge is 0.327 e. The van der Waals surface area contributed by atoms with Gasteiger partial charge in [-0.1, -0.05) is 6.07 Å². The Hall–Kier alpha value is -3.75. The van der Waals surface area contributed by atoms with Crippen LogP contribution >= 0.6 is 0 Å². The number of urea groups is 1. The van der Waals surface area contributed by atoms with E-state index in [-0.39, 0.29) is 30.8 Å². The zero-order chi connectivity index (χ0) is 21.5. The van der Waals surface area contributed by atoms with Crippen LogP contribution in [0.2, 0.25) is 0 Å². The van der Waals surface area contributed by atoms with Crippen molar-refractivity contribution in [2.45, 2.75) is 38.3 Å². The molecule has 0 radical (unpaired) electrons. The fourth-order valence-corrected chi connectivity index (χ4v) is 4.44. The summed E-state index contributed by atoms with van der Waals surface area (Å²) in [4.78, 5) is 56.8. The number of amides is 5. The van der Waals surface area contributed by atoms with E-state index in [1.807, 2.05) is 12.1 Å². The third-order valence-corrected chi connectivity index (χ3v) is 5.97. The molecule has 4 heterocycles. The van der Waals surface area contributed by atoms with Crippen LogP contribution in [-0.2, 0) is 22.6 Å². The summed E-state index contributed by atoms with van der Waals surface area (Å²) in [5.41, 5.74) is 2.87. The normalized spacial score (nSPS) is 20.3. The predicted octanol–water partition coefficient (Wildman–Crippen LogP) is 1.83. The quantitative estimate of drug-likeness (QED) is 0.722. The second-order valence-corrected chi connectivity index (χ2v) is 7.94. The first-order valence-electron chi connectivity index (χ1n) is 10.3. The molecule has 3 aliphatic rings. The van der Waals surface area contributed by atoms with Gasteiger partial charge in [-0.15, -0.1) is 0 Å². The molecular formula is C22H21N5O4. The number of anilines is 2. The van der Waals surface area contributed by atoms with Crippen molar-refractivity contribution >= 4 is 35.3 Å². The van der Waals surface area contributed by atoms with E-state index in [0.29, 0.717) is 30.0 Å². The fourth-order valence-electron chi connectivity index (χ4n) is 4.44.